The molecule has 3 aromatic rings. The molecular weight excluding hydrogens is 354 g/mol. The van der Waals surface area contributed by atoms with Gasteiger partial charge in [0.2, 0.25) is 5.75 Å². The first kappa shape index (κ1) is 17.7. The van der Waals surface area contributed by atoms with Crippen molar-refractivity contribution in [2.24, 2.45) is 0 Å². The van der Waals surface area contributed by atoms with Crippen LogP contribution in [-0.2, 0) is 4.79 Å². The number of hydrogen-bond acceptors (Lipinski definition) is 7. The summed E-state index contributed by atoms with van der Waals surface area (Å²) in [5.74, 6) is -1.08. The van der Waals surface area contributed by atoms with Crippen molar-refractivity contribution in [3.8, 4) is 5.75 Å². The Labute approximate surface area is 151 Å². The average molecular weight is 365 g/mol. The normalized spacial score (nSPS) is 10.8. The molecule has 0 radical (unpaired) electrons. The molecular formula is C18H11N3O6. The number of nitro benzene ring substituents is 2. The lowest BCUT2D eigenvalue weighted by atomic mass is 10.2. The number of aromatic nitrogens is 1. The number of fused-ring (bicyclic) bond motifs is 1. The first-order valence-electron chi connectivity index (χ1n) is 7.62. The van der Waals surface area contributed by atoms with Crippen molar-refractivity contribution in [2.75, 3.05) is 0 Å². The van der Waals surface area contributed by atoms with Crippen LogP contribution in [0.2, 0.25) is 0 Å². The summed E-state index contributed by atoms with van der Waals surface area (Å²) in [5.41, 5.74) is 0.275. The van der Waals surface area contributed by atoms with Crippen molar-refractivity contribution in [1.82, 2.24) is 4.98 Å². The number of nitrogens with zero attached hydrogens (tertiary/aromatic N) is 3. The molecule has 0 atom stereocenters. The van der Waals surface area contributed by atoms with Crippen LogP contribution >= 0.6 is 0 Å². The van der Waals surface area contributed by atoms with Crippen LogP contribution in [-0.4, -0.2) is 20.8 Å². The van der Waals surface area contributed by atoms with E-state index in [0.717, 1.165) is 6.08 Å². The maximum atomic E-state index is 12.1. The number of carbonyl (C=O) groups is 1. The van der Waals surface area contributed by atoms with Gasteiger partial charge in [0.05, 0.1) is 9.85 Å². The molecule has 1 aromatic heterocycles. The SMILES string of the molecule is O=C(/C=C/c1ccc([N+](=O)[O-])cc1)Oc1c([N+](=O)[O-])ccc2cccnc12. The third-order valence-corrected chi connectivity index (χ3v) is 3.62. The van der Waals surface area contributed by atoms with Gasteiger partial charge in [0, 0.05) is 35.9 Å². The molecule has 0 spiro atoms. The van der Waals surface area contributed by atoms with Gasteiger partial charge in [0.15, 0.2) is 0 Å². The van der Waals surface area contributed by atoms with E-state index >= 15 is 0 Å². The summed E-state index contributed by atoms with van der Waals surface area (Å²) in [4.78, 5) is 36.8. The summed E-state index contributed by atoms with van der Waals surface area (Å²) in [6.45, 7) is 0. The average Bonchev–Trinajstić information content (AvgIpc) is 2.66. The molecule has 0 unspecified atom stereocenters. The molecule has 0 aliphatic heterocycles. The zero-order chi connectivity index (χ0) is 19.4. The highest BCUT2D eigenvalue weighted by molar-refractivity contribution is 5.94. The summed E-state index contributed by atoms with van der Waals surface area (Å²) < 4.78 is 5.17. The maximum Gasteiger partial charge on any atom is 0.336 e. The molecule has 134 valence electrons. The quantitative estimate of drug-likeness (QED) is 0.222. The third-order valence-electron chi connectivity index (χ3n) is 3.62. The van der Waals surface area contributed by atoms with Crippen molar-refractivity contribution < 1.29 is 19.4 Å². The van der Waals surface area contributed by atoms with Crippen LogP contribution in [0, 0.1) is 20.2 Å². The summed E-state index contributed by atoms with van der Waals surface area (Å²) in [7, 11) is 0. The highest BCUT2D eigenvalue weighted by atomic mass is 16.6. The lowest BCUT2D eigenvalue weighted by Crippen LogP contribution is -2.07. The molecule has 3 rings (SSSR count). The number of carbonyl (C=O) groups excluding carboxylic acids is 1. The summed E-state index contributed by atoms with van der Waals surface area (Å²) >= 11 is 0. The van der Waals surface area contributed by atoms with Gasteiger partial charge in [-0.05, 0) is 35.9 Å². The number of esters is 1. The van der Waals surface area contributed by atoms with Gasteiger partial charge >= 0.3 is 11.7 Å². The van der Waals surface area contributed by atoms with Crippen LogP contribution in [0.1, 0.15) is 5.56 Å². The number of pyridine rings is 1. The number of rotatable bonds is 5. The van der Waals surface area contributed by atoms with Gasteiger partial charge in [0.1, 0.15) is 5.52 Å². The second-order valence-corrected chi connectivity index (χ2v) is 5.35. The zero-order valence-corrected chi connectivity index (χ0v) is 13.6. The van der Waals surface area contributed by atoms with Crippen molar-refractivity contribution in [3.05, 3.63) is 86.6 Å². The molecule has 27 heavy (non-hydrogen) atoms. The Bertz CT molecular complexity index is 1080. The Morgan fingerprint density at radius 2 is 1.74 bits per heavy atom. The van der Waals surface area contributed by atoms with Gasteiger partial charge in [-0.3, -0.25) is 25.2 Å². The van der Waals surface area contributed by atoms with Crippen molar-refractivity contribution in [2.45, 2.75) is 0 Å². The standard InChI is InChI=1S/C18H11N3O6/c22-16(10-5-12-3-7-14(8-4-12)20(23)24)27-18-15(21(25)26)9-6-13-2-1-11-19-17(13)18/h1-11H/b10-5+. The number of non-ortho nitro benzene ring substituents is 1. The van der Waals surface area contributed by atoms with Gasteiger partial charge in [0.25, 0.3) is 5.69 Å². The fourth-order valence-corrected chi connectivity index (χ4v) is 2.36. The molecule has 1 heterocycles. The first-order valence-corrected chi connectivity index (χ1v) is 7.62. The van der Waals surface area contributed by atoms with Crippen LogP contribution < -0.4 is 4.74 Å². The van der Waals surface area contributed by atoms with Crippen LogP contribution in [0.5, 0.6) is 5.75 Å². The van der Waals surface area contributed by atoms with Crippen molar-refractivity contribution >= 4 is 34.3 Å². The second-order valence-electron chi connectivity index (χ2n) is 5.35. The monoisotopic (exact) mass is 365 g/mol. The fraction of sp³-hybridized carbons (Fsp3) is 0. The van der Waals surface area contributed by atoms with Crippen LogP contribution in [0.4, 0.5) is 11.4 Å². The molecule has 0 N–H and O–H groups in total. The van der Waals surface area contributed by atoms with E-state index < -0.39 is 15.8 Å². The maximum absolute atomic E-state index is 12.1. The first-order chi connectivity index (χ1) is 13.0. The highest BCUT2D eigenvalue weighted by Crippen LogP contribution is 2.34. The molecule has 0 aliphatic rings. The van der Waals surface area contributed by atoms with E-state index in [9.17, 15) is 25.0 Å². The third kappa shape index (κ3) is 3.93. The topological polar surface area (TPSA) is 125 Å². The van der Waals surface area contributed by atoms with Gasteiger partial charge in [-0.25, -0.2) is 4.79 Å². The molecule has 0 aliphatic carbocycles. The molecule has 0 fully saturated rings. The largest absolute Gasteiger partial charge is 0.414 e. The Morgan fingerprint density at radius 1 is 1.00 bits per heavy atom. The predicted molar refractivity (Wildman–Crippen MR) is 96.2 cm³/mol. The molecule has 0 saturated carbocycles. The van der Waals surface area contributed by atoms with E-state index in [1.807, 2.05) is 0 Å². The predicted octanol–water partition coefficient (Wildman–Crippen LogP) is 3.67. The van der Waals surface area contributed by atoms with Crippen LogP contribution in [0.25, 0.3) is 17.0 Å². The number of nitro groups is 2. The Hall–Kier alpha value is -4.14. The lowest BCUT2D eigenvalue weighted by Gasteiger charge is -2.06. The Morgan fingerprint density at radius 3 is 2.41 bits per heavy atom. The van der Waals surface area contributed by atoms with E-state index in [1.54, 1.807) is 12.1 Å². The van der Waals surface area contributed by atoms with Crippen LogP contribution in [0.3, 0.4) is 0 Å². The lowest BCUT2D eigenvalue weighted by molar-refractivity contribution is -0.385. The smallest absolute Gasteiger partial charge is 0.336 e. The number of hydrogen-bond donors (Lipinski definition) is 0. The summed E-state index contributed by atoms with van der Waals surface area (Å²) in [5, 5.41) is 22.4. The van der Waals surface area contributed by atoms with Crippen molar-refractivity contribution in [1.29, 1.82) is 0 Å². The minimum Gasteiger partial charge on any atom is -0.414 e. The van der Waals surface area contributed by atoms with Crippen LogP contribution in [0.15, 0.2) is 60.8 Å². The summed E-state index contributed by atoms with van der Waals surface area (Å²) in [6.07, 6.45) is 3.90. The summed E-state index contributed by atoms with van der Waals surface area (Å²) in [6, 6.07) is 11.6. The van der Waals surface area contributed by atoms with Gasteiger partial charge in [-0.2, -0.15) is 0 Å². The second kappa shape index (κ2) is 7.40. The van der Waals surface area contributed by atoms with Gasteiger partial charge in [-0.15, -0.1) is 0 Å². The molecule has 9 heteroatoms. The number of benzene rings is 2. The highest BCUT2D eigenvalue weighted by Gasteiger charge is 2.21. The number of ether oxygens (including phenoxy) is 1. The van der Waals surface area contributed by atoms with E-state index in [0.29, 0.717) is 10.9 Å². The van der Waals surface area contributed by atoms with E-state index in [-0.39, 0.29) is 22.6 Å². The molecule has 9 nitrogen and oxygen atoms in total. The minimum absolute atomic E-state index is 0.0767. The van der Waals surface area contributed by atoms with Gasteiger partial charge < -0.3 is 4.74 Å². The van der Waals surface area contributed by atoms with Crippen molar-refractivity contribution in [3.63, 3.8) is 0 Å². The Balaban J connectivity index is 1.86. The van der Waals surface area contributed by atoms with E-state index in [2.05, 4.69) is 4.98 Å². The molecule has 0 amide bonds. The molecule has 0 bridgehead atoms. The van der Waals surface area contributed by atoms with Gasteiger partial charge in [-0.1, -0.05) is 6.07 Å². The van der Waals surface area contributed by atoms with E-state index in [4.69, 9.17) is 4.74 Å². The minimum atomic E-state index is -0.838. The fourth-order valence-electron chi connectivity index (χ4n) is 2.36. The zero-order valence-electron chi connectivity index (χ0n) is 13.6. The Kier molecular flexibility index (Phi) is 4.84. The molecule has 0 saturated heterocycles. The molecule has 2 aromatic carbocycles. The van der Waals surface area contributed by atoms with E-state index in [1.165, 1.54) is 48.7 Å².